The van der Waals surface area contributed by atoms with Crippen LogP contribution in [0.25, 0.3) is 0 Å². The van der Waals surface area contributed by atoms with Crippen LogP contribution in [0.4, 0.5) is 17.2 Å². The number of benzene rings is 1. The van der Waals surface area contributed by atoms with Crippen molar-refractivity contribution in [1.29, 1.82) is 0 Å². The van der Waals surface area contributed by atoms with Crippen LogP contribution in [0.15, 0.2) is 36.5 Å². The van der Waals surface area contributed by atoms with Crippen molar-refractivity contribution in [2.45, 2.75) is 13.3 Å². The van der Waals surface area contributed by atoms with E-state index >= 15 is 0 Å². The molecule has 8 heteroatoms. The van der Waals surface area contributed by atoms with Crippen molar-refractivity contribution in [1.82, 2.24) is 4.98 Å². The summed E-state index contributed by atoms with van der Waals surface area (Å²) in [5.74, 6) is 0.369. The number of carbonyl (C=O) groups is 2. The quantitative estimate of drug-likeness (QED) is 0.814. The molecule has 1 aromatic carbocycles. The van der Waals surface area contributed by atoms with Crippen LogP contribution in [0.5, 0.6) is 5.75 Å². The number of amides is 2. The molecule has 3 heterocycles. The minimum absolute atomic E-state index is 0.0883. The molecule has 0 spiro atoms. The molecule has 2 saturated heterocycles. The molecule has 2 amide bonds. The third-order valence-corrected chi connectivity index (χ3v) is 5.50. The summed E-state index contributed by atoms with van der Waals surface area (Å²) >= 11 is 0. The SMILES string of the molecule is COc1ccc(C)cc1N1C[C@H](C(=O)Nc2ccc(N3CCOCC3)cn2)CC1=O. The molecule has 0 saturated carbocycles. The van der Waals surface area contributed by atoms with Crippen LogP contribution in [-0.4, -0.2) is 56.8 Å². The third-order valence-electron chi connectivity index (χ3n) is 5.50. The molecule has 0 unspecified atom stereocenters. The number of hydrogen-bond donors (Lipinski definition) is 1. The Balaban J connectivity index is 1.41. The molecule has 0 radical (unpaired) electrons. The van der Waals surface area contributed by atoms with Gasteiger partial charge >= 0.3 is 0 Å². The van der Waals surface area contributed by atoms with Gasteiger partial charge in [0.05, 0.1) is 43.8 Å². The van der Waals surface area contributed by atoms with Crippen LogP contribution in [0, 0.1) is 12.8 Å². The Morgan fingerprint density at radius 2 is 2.03 bits per heavy atom. The highest BCUT2D eigenvalue weighted by Crippen LogP contribution is 2.34. The molecule has 1 N–H and O–H groups in total. The van der Waals surface area contributed by atoms with E-state index in [1.54, 1.807) is 24.3 Å². The number of aromatic nitrogens is 1. The number of anilines is 3. The largest absolute Gasteiger partial charge is 0.495 e. The first-order chi connectivity index (χ1) is 14.5. The van der Waals surface area contributed by atoms with Gasteiger partial charge in [0.1, 0.15) is 11.6 Å². The molecule has 4 rings (SSSR count). The van der Waals surface area contributed by atoms with Gasteiger partial charge in [-0.15, -0.1) is 0 Å². The van der Waals surface area contributed by atoms with Crippen molar-refractivity contribution in [2.24, 2.45) is 5.92 Å². The van der Waals surface area contributed by atoms with Gasteiger partial charge in [0, 0.05) is 26.1 Å². The number of aryl methyl sites for hydroxylation is 1. The maximum Gasteiger partial charge on any atom is 0.230 e. The minimum atomic E-state index is -0.441. The Morgan fingerprint density at radius 1 is 1.23 bits per heavy atom. The lowest BCUT2D eigenvalue weighted by Crippen LogP contribution is -2.36. The van der Waals surface area contributed by atoms with Gasteiger partial charge in [-0.2, -0.15) is 0 Å². The van der Waals surface area contributed by atoms with E-state index in [0.29, 0.717) is 37.0 Å². The Hall–Kier alpha value is -3.13. The van der Waals surface area contributed by atoms with Crippen LogP contribution < -0.4 is 19.9 Å². The average molecular weight is 410 g/mol. The number of rotatable bonds is 5. The lowest BCUT2D eigenvalue weighted by molar-refractivity contribution is -0.122. The van der Waals surface area contributed by atoms with Gasteiger partial charge in [-0.1, -0.05) is 6.07 Å². The summed E-state index contributed by atoms with van der Waals surface area (Å²) in [6.07, 6.45) is 1.92. The number of carbonyl (C=O) groups excluding carboxylic acids is 2. The van der Waals surface area contributed by atoms with Crippen LogP contribution >= 0.6 is 0 Å². The normalized spacial score (nSPS) is 19.1. The summed E-state index contributed by atoms with van der Waals surface area (Å²) in [5.41, 5.74) is 2.73. The summed E-state index contributed by atoms with van der Waals surface area (Å²) < 4.78 is 10.8. The molecule has 158 valence electrons. The second-order valence-electron chi connectivity index (χ2n) is 7.57. The van der Waals surface area contributed by atoms with Crippen molar-refractivity contribution in [3.8, 4) is 5.75 Å². The predicted molar refractivity (Wildman–Crippen MR) is 114 cm³/mol. The van der Waals surface area contributed by atoms with Gasteiger partial charge in [0.15, 0.2) is 0 Å². The van der Waals surface area contributed by atoms with Crippen LogP contribution in [0.1, 0.15) is 12.0 Å². The lowest BCUT2D eigenvalue weighted by Gasteiger charge is -2.28. The van der Waals surface area contributed by atoms with Crippen LogP contribution in [0.3, 0.4) is 0 Å². The number of nitrogens with zero attached hydrogens (tertiary/aromatic N) is 3. The topological polar surface area (TPSA) is 84.0 Å². The molecular formula is C22H26N4O4. The third kappa shape index (κ3) is 4.23. The number of pyridine rings is 1. The zero-order valence-electron chi connectivity index (χ0n) is 17.3. The summed E-state index contributed by atoms with van der Waals surface area (Å²) in [6, 6.07) is 9.41. The van der Waals surface area contributed by atoms with E-state index in [-0.39, 0.29) is 18.2 Å². The maximum absolute atomic E-state index is 12.8. The number of ether oxygens (including phenoxy) is 2. The molecule has 2 aliphatic rings. The van der Waals surface area contributed by atoms with Crippen molar-refractivity contribution in [3.05, 3.63) is 42.1 Å². The summed E-state index contributed by atoms with van der Waals surface area (Å²) in [6.45, 7) is 5.34. The fourth-order valence-corrected chi connectivity index (χ4v) is 3.82. The van der Waals surface area contributed by atoms with Crippen molar-refractivity contribution < 1.29 is 19.1 Å². The predicted octanol–water partition coefficient (Wildman–Crippen LogP) is 2.23. The minimum Gasteiger partial charge on any atom is -0.495 e. The molecule has 0 bridgehead atoms. The smallest absolute Gasteiger partial charge is 0.230 e. The first kappa shape index (κ1) is 20.2. The Kier molecular flexibility index (Phi) is 5.85. The molecule has 8 nitrogen and oxygen atoms in total. The molecule has 0 aliphatic carbocycles. The van der Waals surface area contributed by atoms with E-state index in [2.05, 4.69) is 15.2 Å². The van der Waals surface area contributed by atoms with Crippen molar-refractivity contribution in [3.63, 3.8) is 0 Å². The molecule has 1 atom stereocenters. The van der Waals surface area contributed by atoms with E-state index in [0.717, 1.165) is 24.3 Å². The summed E-state index contributed by atoms with van der Waals surface area (Å²) in [4.78, 5) is 33.6. The van der Waals surface area contributed by atoms with E-state index < -0.39 is 5.92 Å². The molecular weight excluding hydrogens is 384 g/mol. The molecule has 2 fully saturated rings. The fraction of sp³-hybridized carbons (Fsp3) is 0.409. The van der Waals surface area contributed by atoms with Gasteiger partial charge < -0.3 is 24.6 Å². The molecule has 1 aromatic heterocycles. The highest BCUT2D eigenvalue weighted by molar-refractivity contribution is 6.04. The number of nitrogens with one attached hydrogen (secondary N) is 1. The van der Waals surface area contributed by atoms with Crippen LogP contribution in [0.2, 0.25) is 0 Å². The van der Waals surface area contributed by atoms with Crippen molar-refractivity contribution >= 4 is 29.0 Å². The van der Waals surface area contributed by atoms with E-state index in [1.165, 1.54) is 0 Å². The summed E-state index contributed by atoms with van der Waals surface area (Å²) in [5, 5.41) is 2.84. The average Bonchev–Trinajstić information content (AvgIpc) is 3.16. The Bertz CT molecular complexity index is 925. The number of methoxy groups -OCH3 is 1. The highest BCUT2D eigenvalue weighted by atomic mass is 16.5. The number of morpholine rings is 1. The van der Waals surface area contributed by atoms with E-state index in [4.69, 9.17) is 9.47 Å². The molecule has 30 heavy (non-hydrogen) atoms. The second-order valence-corrected chi connectivity index (χ2v) is 7.57. The number of hydrogen-bond acceptors (Lipinski definition) is 6. The van der Waals surface area contributed by atoms with Gasteiger partial charge in [-0.25, -0.2) is 4.98 Å². The van der Waals surface area contributed by atoms with Crippen molar-refractivity contribution in [2.75, 3.05) is 55.1 Å². The van der Waals surface area contributed by atoms with Gasteiger partial charge in [-0.05, 0) is 36.8 Å². The second kappa shape index (κ2) is 8.71. The van der Waals surface area contributed by atoms with E-state index in [1.807, 2.05) is 31.2 Å². The maximum atomic E-state index is 12.8. The van der Waals surface area contributed by atoms with Gasteiger partial charge in [0.25, 0.3) is 0 Å². The molecule has 2 aromatic rings. The Morgan fingerprint density at radius 3 is 2.73 bits per heavy atom. The standard InChI is InChI=1S/C22H26N4O4/c1-15-3-5-19(29-2)18(11-15)26-14-16(12-21(26)27)22(28)24-20-6-4-17(13-23-20)25-7-9-30-10-8-25/h3-6,11,13,16H,7-10,12,14H2,1-2H3,(H,23,24,28)/t16-/m1/s1. The molecule has 2 aliphatic heterocycles. The highest BCUT2D eigenvalue weighted by Gasteiger charge is 2.36. The van der Waals surface area contributed by atoms with Gasteiger partial charge in [0.2, 0.25) is 11.8 Å². The first-order valence-corrected chi connectivity index (χ1v) is 10.1. The Labute approximate surface area is 175 Å². The lowest BCUT2D eigenvalue weighted by atomic mass is 10.1. The fourth-order valence-electron chi connectivity index (χ4n) is 3.82. The van der Waals surface area contributed by atoms with E-state index in [9.17, 15) is 9.59 Å². The summed E-state index contributed by atoms with van der Waals surface area (Å²) in [7, 11) is 1.57. The zero-order chi connectivity index (χ0) is 21.1. The monoisotopic (exact) mass is 410 g/mol. The first-order valence-electron chi connectivity index (χ1n) is 10.1. The van der Waals surface area contributed by atoms with Crippen LogP contribution in [-0.2, 0) is 14.3 Å². The zero-order valence-corrected chi connectivity index (χ0v) is 17.3. The van der Waals surface area contributed by atoms with Gasteiger partial charge in [-0.3, -0.25) is 9.59 Å².